The van der Waals surface area contributed by atoms with E-state index in [1.807, 2.05) is 30.3 Å². The molecule has 0 saturated carbocycles. The molecule has 2 aliphatic rings. The van der Waals surface area contributed by atoms with Gasteiger partial charge < -0.3 is 5.73 Å². The molecule has 0 radical (unpaired) electrons. The zero-order chi connectivity index (χ0) is 37.0. The van der Waals surface area contributed by atoms with Crippen LogP contribution < -0.4 is 5.73 Å². The third-order valence-electron chi connectivity index (χ3n) is 11.1. The molecule has 9 rings (SSSR count). The van der Waals surface area contributed by atoms with Crippen molar-refractivity contribution >= 4 is 5.84 Å². The summed E-state index contributed by atoms with van der Waals surface area (Å²) in [6.45, 7) is 0. The topological polar surface area (TPSA) is 38.4 Å². The lowest BCUT2D eigenvalue weighted by Gasteiger charge is -2.34. The molecule has 0 atom stereocenters. The minimum atomic E-state index is -0.415. The molecule has 0 heterocycles. The van der Waals surface area contributed by atoms with E-state index in [9.17, 15) is 0 Å². The zero-order valence-electron chi connectivity index (χ0n) is 30.8. The highest BCUT2D eigenvalue weighted by Gasteiger charge is 2.46. The quantitative estimate of drug-likeness (QED) is 0.118. The molecule has 7 aromatic rings. The number of nitrogens with two attached hydrogens (primary N) is 1. The molecule has 2 nitrogen and oxygen atoms in total. The number of fused-ring (bicyclic) bond motifs is 3. The molecule has 0 fully saturated rings. The van der Waals surface area contributed by atoms with Gasteiger partial charge in [0.2, 0.25) is 0 Å². The molecule has 264 valence electrons. The SMILES string of the molecule is N/C(=N\C(=C/Cc1cccc(-c2ccc(-c3cccc4c3-c3ccccc3C4(c3ccccc3)c3ccccc3)cc2)c1)C1=CCCC=C1)c1ccccc1. The Morgan fingerprint density at radius 3 is 1.89 bits per heavy atom. The van der Waals surface area contributed by atoms with Crippen molar-refractivity contribution in [1.82, 2.24) is 0 Å². The summed E-state index contributed by atoms with van der Waals surface area (Å²) in [5, 5.41) is 0. The summed E-state index contributed by atoms with van der Waals surface area (Å²) in [5.41, 5.74) is 22.9. The average molecular weight is 707 g/mol. The lowest BCUT2D eigenvalue weighted by Crippen LogP contribution is -2.28. The molecule has 0 unspecified atom stereocenters. The summed E-state index contributed by atoms with van der Waals surface area (Å²) in [6.07, 6.45) is 11.7. The number of amidine groups is 1. The van der Waals surface area contributed by atoms with Crippen molar-refractivity contribution in [3.63, 3.8) is 0 Å². The highest BCUT2D eigenvalue weighted by molar-refractivity contribution is 5.98. The van der Waals surface area contributed by atoms with E-state index in [0.29, 0.717) is 5.84 Å². The standard InChI is InChI=1S/C53H42N2/c54-52(42-20-7-2-8-21-42)55-50(41-18-5-1-6-19-41)36-31-38-17-15-22-43(37-38)39-32-34-40(35-33-39)46-28-16-30-49-51(46)47-27-13-14-29-48(47)53(49,44-23-9-3-10-24-44)45-25-11-4-12-26-45/h2-5,7-30,32-37H,1,6,31H2,(H2,54,55)/b50-36-. The number of hydrogen-bond donors (Lipinski definition) is 1. The molecule has 0 spiro atoms. The molecule has 7 aromatic carbocycles. The summed E-state index contributed by atoms with van der Waals surface area (Å²) in [7, 11) is 0. The smallest absolute Gasteiger partial charge is 0.131 e. The summed E-state index contributed by atoms with van der Waals surface area (Å²) in [5.74, 6) is 0.527. The van der Waals surface area contributed by atoms with Crippen LogP contribution in [0.25, 0.3) is 33.4 Å². The van der Waals surface area contributed by atoms with Crippen LogP contribution in [-0.2, 0) is 11.8 Å². The van der Waals surface area contributed by atoms with Crippen molar-refractivity contribution < 1.29 is 0 Å². The van der Waals surface area contributed by atoms with E-state index in [4.69, 9.17) is 10.7 Å². The average Bonchev–Trinajstić information content (AvgIpc) is 3.58. The Labute approximate surface area is 324 Å². The second kappa shape index (κ2) is 14.9. The van der Waals surface area contributed by atoms with Gasteiger partial charge in [-0.15, -0.1) is 0 Å². The van der Waals surface area contributed by atoms with Crippen molar-refractivity contribution in [3.8, 4) is 33.4 Å². The van der Waals surface area contributed by atoms with Gasteiger partial charge in [-0.05, 0) is 86.0 Å². The highest BCUT2D eigenvalue weighted by Crippen LogP contribution is 2.58. The first-order valence-corrected chi connectivity index (χ1v) is 19.2. The number of aliphatic imine (C=N–C) groups is 1. The molecular formula is C53H42N2. The first-order chi connectivity index (χ1) is 27.2. The normalized spacial score (nSPS) is 14.6. The van der Waals surface area contributed by atoms with Crippen LogP contribution in [0.2, 0.25) is 0 Å². The minimum Gasteiger partial charge on any atom is -0.383 e. The minimum absolute atomic E-state index is 0.415. The molecule has 2 heteroatoms. The van der Waals surface area contributed by atoms with E-state index >= 15 is 0 Å². The second-order valence-electron chi connectivity index (χ2n) is 14.3. The maximum Gasteiger partial charge on any atom is 0.131 e. The van der Waals surface area contributed by atoms with Crippen LogP contribution in [0, 0.1) is 0 Å². The van der Waals surface area contributed by atoms with E-state index in [0.717, 1.165) is 36.1 Å². The second-order valence-corrected chi connectivity index (χ2v) is 14.3. The fraction of sp³-hybridized carbons (Fsp3) is 0.0755. The van der Waals surface area contributed by atoms with Crippen molar-refractivity contribution in [1.29, 1.82) is 0 Å². The number of allylic oxidation sites excluding steroid dienone is 4. The van der Waals surface area contributed by atoms with Gasteiger partial charge in [0.15, 0.2) is 0 Å². The van der Waals surface area contributed by atoms with E-state index in [1.165, 1.54) is 61.2 Å². The van der Waals surface area contributed by atoms with Crippen molar-refractivity contribution in [2.24, 2.45) is 10.7 Å². The monoisotopic (exact) mass is 706 g/mol. The summed E-state index contributed by atoms with van der Waals surface area (Å²) in [4.78, 5) is 4.92. The van der Waals surface area contributed by atoms with E-state index in [1.54, 1.807) is 0 Å². The lowest BCUT2D eigenvalue weighted by molar-refractivity contribution is 0.768. The summed E-state index contributed by atoms with van der Waals surface area (Å²) < 4.78 is 0. The Hall–Kier alpha value is -6.77. The summed E-state index contributed by atoms with van der Waals surface area (Å²) in [6, 6.07) is 65.7. The molecule has 0 amide bonds. The first-order valence-electron chi connectivity index (χ1n) is 19.2. The first kappa shape index (κ1) is 34.0. The molecule has 0 saturated heterocycles. The molecule has 0 aliphatic heterocycles. The zero-order valence-corrected chi connectivity index (χ0v) is 30.8. The Kier molecular flexibility index (Phi) is 9.24. The van der Waals surface area contributed by atoms with Crippen molar-refractivity contribution in [2.75, 3.05) is 0 Å². The van der Waals surface area contributed by atoms with Crippen LogP contribution in [0.5, 0.6) is 0 Å². The van der Waals surface area contributed by atoms with Gasteiger partial charge in [0.25, 0.3) is 0 Å². The number of hydrogen-bond acceptors (Lipinski definition) is 1. The van der Waals surface area contributed by atoms with Gasteiger partial charge in [-0.1, -0.05) is 206 Å². The van der Waals surface area contributed by atoms with Gasteiger partial charge in [0, 0.05) is 5.56 Å². The number of nitrogens with zero attached hydrogens (tertiary/aromatic N) is 1. The predicted octanol–water partition coefficient (Wildman–Crippen LogP) is 12.5. The van der Waals surface area contributed by atoms with E-state index in [-0.39, 0.29) is 0 Å². The van der Waals surface area contributed by atoms with Crippen molar-refractivity contribution in [2.45, 2.75) is 24.7 Å². The van der Waals surface area contributed by atoms with Crippen LogP contribution in [0.3, 0.4) is 0 Å². The third-order valence-corrected chi connectivity index (χ3v) is 11.1. The van der Waals surface area contributed by atoms with E-state index < -0.39 is 5.41 Å². The fourth-order valence-corrected chi connectivity index (χ4v) is 8.50. The van der Waals surface area contributed by atoms with Crippen LogP contribution in [0.4, 0.5) is 0 Å². The van der Waals surface area contributed by atoms with Gasteiger partial charge in [0.1, 0.15) is 5.84 Å². The Bertz CT molecular complexity index is 2550. The molecule has 0 aromatic heterocycles. The summed E-state index contributed by atoms with van der Waals surface area (Å²) >= 11 is 0. The van der Waals surface area contributed by atoms with Crippen LogP contribution in [-0.4, -0.2) is 5.84 Å². The largest absolute Gasteiger partial charge is 0.383 e. The van der Waals surface area contributed by atoms with E-state index in [2.05, 4.69) is 176 Å². The Morgan fingerprint density at radius 2 is 1.18 bits per heavy atom. The Balaban J connectivity index is 1.06. The van der Waals surface area contributed by atoms with Gasteiger partial charge >= 0.3 is 0 Å². The molecule has 2 N–H and O–H groups in total. The van der Waals surface area contributed by atoms with Gasteiger partial charge in [-0.2, -0.15) is 0 Å². The molecular weight excluding hydrogens is 665 g/mol. The van der Waals surface area contributed by atoms with Gasteiger partial charge in [-0.3, -0.25) is 0 Å². The highest BCUT2D eigenvalue weighted by atomic mass is 14.9. The maximum atomic E-state index is 6.50. The van der Waals surface area contributed by atoms with Gasteiger partial charge in [0.05, 0.1) is 11.1 Å². The molecule has 55 heavy (non-hydrogen) atoms. The lowest BCUT2D eigenvalue weighted by atomic mass is 9.67. The van der Waals surface area contributed by atoms with Crippen molar-refractivity contribution in [3.05, 3.63) is 251 Å². The van der Waals surface area contributed by atoms with Gasteiger partial charge in [-0.25, -0.2) is 4.99 Å². The predicted molar refractivity (Wildman–Crippen MR) is 230 cm³/mol. The third kappa shape index (κ3) is 6.36. The molecule has 0 bridgehead atoms. The number of benzene rings is 7. The fourth-order valence-electron chi connectivity index (χ4n) is 8.50. The Morgan fingerprint density at radius 1 is 0.564 bits per heavy atom. The molecule has 2 aliphatic carbocycles. The number of rotatable bonds is 9. The van der Waals surface area contributed by atoms with Crippen LogP contribution >= 0.6 is 0 Å². The van der Waals surface area contributed by atoms with Crippen LogP contribution in [0.15, 0.2) is 223 Å². The maximum absolute atomic E-state index is 6.50. The van der Waals surface area contributed by atoms with Crippen LogP contribution in [0.1, 0.15) is 46.2 Å².